The van der Waals surface area contributed by atoms with E-state index in [0.29, 0.717) is 16.3 Å². The van der Waals surface area contributed by atoms with Gasteiger partial charge in [0, 0.05) is 21.4 Å². The van der Waals surface area contributed by atoms with Crippen molar-refractivity contribution in [3.8, 4) is 21.8 Å². The van der Waals surface area contributed by atoms with E-state index >= 15 is 0 Å². The lowest BCUT2D eigenvalue weighted by atomic mass is 10.1. The van der Waals surface area contributed by atoms with Gasteiger partial charge in [-0.15, -0.1) is 21.5 Å². The minimum absolute atomic E-state index is 0.313. The molecule has 0 spiro atoms. The quantitative estimate of drug-likeness (QED) is 0.744. The standard InChI is InChI=1S/C15H11FN4O2S/c1-20-18-15(17-19-20)11-8-13(9-2-4-10(16)5-3-9)23-12(11)6-7-14(21)22/h2-8H,1H3,(H,21,22). The molecule has 116 valence electrons. The zero-order valence-electron chi connectivity index (χ0n) is 12.0. The molecule has 0 atom stereocenters. The molecule has 0 bridgehead atoms. The van der Waals surface area contributed by atoms with Gasteiger partial charge in [0.15, 0.2) is 0 Å². The number of hydrogen-bond donors (Lipinski definition) is 1. The van der Waals surface area contributed by atoms with Crippen LogP contribution in [0.5, 0.6) is 0 Å². The van der Waals surface area contributed by atoms with Crippen LogP contribution in [0.4, 0.5) is 4.39 Å². The first-order valence-corrected chi connectivity index (χ1v) is 7.40. The highest BCUT2D eigenvalue weighted by Gasteiger charge is 2.15. The maximum absolute atomic E-state index is 13.1. The Labute approximate surface area is 134 Å². The van der Waals surface area contributed by atoms with Gasteiger partial charge in [-0.2, -0.15) is 4.80 Å². The smallest absolute Gasteiger partial charge is 0.328 e. The number of nitrogens with zero attached hydrogens (tertiary/aromatic N) is 4. The maximum atomic E-state index is 13.1. The van der Waals surface area contributed by atoms with Gasteiger partial charge in [-0.3, -0.25) is 0 Å². The number of halogens is 1. The second kappa shape index (κ2) is 6.09. The number of carboxylic acids is 1. The summed E-state index contributed by atoms with van der Waals surface area (Å²) in [4.78, 5) is 13.6. The Balaban J connectivity index is 2.09. The first-order chi connectivity index (χ1) is 11.0. The van der Waals surface area contributed by atoms with Crippen LogP contribution in [0.3, 0.4) is 0 Å². The fraction of sp³-hybridized carbons (Fsp3) is 0.0667. The van der Waals surface area contributed by atoms with E-state index in [4.69, 9.17) is 5.11 Å². The summed E-state index contributed by atoms with van der Waals surface area (Å²) in [5.74, 6) is -0.950. The molecule has 0 fully saturated rings. The van der Waals surface area contributed by atoms with Crippen molar-refractivity contribution in [1.29, 1.82) is 0 Å². The molecule has 0 aliphatic carbocycles. The predicted molar refractivity (Wildman–Crippen MR) is 84.2 cm³/mol. The first-order valence-electron chi connectivity index (χ1n) is 6.58. The summed E-state index contributed by atoms with van der Waals surface area (Å²) in [6.45, 7) is 0. The molecular formula is C15H11FN4O2S. The molecule has 0 saturated carbocycles. The molecule has 2 aromatic heterocycles. The summed E-state index contributed by atoms with van der Waals surface area (Å²) in [6.07, 6.45) is 2.55. The second-order valence-corrected chi connectivity index (χ2v) is 5.75. The normalized spacial score (nSPS) is 11.2. The highest BCUT2D eigenvalue weighted by molar-refractivity contribution is 7.16. The summed E-state index contributed by atoms with van der Waals surface area (Å²) in [6, 6.07) is 7.93. The molecule has 0 radical (unpaired) electrons. The van der Waals surface area contributed by atoms with E-state index < -0.39 is 5.97 Å². The lowest BCUT2D eigenvalue weighted by Gasteiger charge is -1.95. The Morgan fingerprint density at radius 3 is 2.70 bits per heavy atom. The second-order valence-electron chi connectivity index (χ2n) is 4.67. The lowest BCUT2D eigenvalue weighted by molar-refractivity contribution is -0.131. The largest absolute Gasteiger partial charge is 0.478 e. The van der Waals surface area contributed by atoms with Gasteiger partial charge >= 0.3 is 5.97 Å². The molecule has 8 heteroatoms. The number of tetrazole rings is 1. The Hall–Kier alpha value is -2.87. The monoisotopic (exact) mass is 330 g/mol. The topological polar surface area (TPSA) is 80.9 Å². The van der Waals surface area contributed by atoms with Crippen molar-refractivity contribution in [3.05, 3.63) is 47.1 Å². The van der Waals surface area contributed by atoms with Gasteiger partial charge < -0.3 is 5.11 Å². The molecule has 0 aliphatic rings. The van der Waals surface area contributed by atoms with Crippen molar-refractivity contribution < 1.29 is 14.3 Å². The number of carbonyl (C=O) groups is 1. The van der Waals surface area contributed by atoms with Crippen LogP contribution in [0.15, 0.2) is 36.4 Å². The van der Waals surface area contributed by atoms with Gasteiger partial charge in [0.25, 0.3) is 0 Å². The number of thiophene rings is 1. The zero-order chi connectivity index (χ0) is 16.4. The van der Waals surface area contributed by atoms with E-state index in [1.165, 1.54) is 34.3 Å². The molecule has 1 aromatic carbocycles. The van der Waals surface area contributed by atoms with E-state index in [9.17, 15) is 9.18 Å². The molecule has 6 nitrogen and oxygen atoms in total. The summed E-state index contributed by atoms with van der Waals surface area (Å²) >= 11 is 1.37. The zero-order valence-corrected chi connectivity index (χ0v) is 12.8. The molecule has 0 unspecified atom stereocenters. The van der Waals surface area contributed by atoms with E-state index in [0.717, 1.165) is 16.5 Å². The maximum Gasteiger partial charge on any atom is 0.328 e. The molecule has 0 amide bonds. The summed E-state index contributed by atoms with van der Waals surface area (Å²) in [5.41, 5.74) is 1.51. The first kappa shape index (κ1) is 15.0. The average Bonchev–Trinajstić information content (AvgIpc) is 3.12. The molecule has 0 aliphatic heterocycles. The van der Waals surface area contributed by atoms with Crippen LogP contribution in [0.1, 0.15) is 4.88 Å². The van der Waals surface area contributed by atoms with Gasteiger partial charge in [-0.1, -0.05) is 12.1 Å². The molecule has 2 heterocycles. The molecule has 3 rings (SSSR count). The lowest BCUT2D eigenvalue weighted by Crippen LogP contribution is -1.92. The number of rotatable bonds is 4. The van der Waals surface area contributed by atoms with Crippen LogP contribution >= 0.6 is 11.3 Å². The van der Waals surface area contributed by atoms with Gasteiger partial charge in [-0.05, 0) is 35.1 Å². The van der Waals surface area contributed by atoms with Crippen LogP contribution in [-0.4, -0.2) is 31.3 Å². The minimum Gasteiger partial charge on any atom is -0.478 e. The van der Waals surface area contributed by atoms with Crippen molar-refractivity contribution in [3.63, 3.8) is 0 Å². The van der Waals surface area contributed by atoms with Crippen molar-refractivity contribution >= 4 is 23.4 Å². The fourth-order valence-electron chi connectivity index (χ4n) is 2.00. The molecule has 1 N–H and O–H groups in total. The third kappa shape index (κ3) is 3.32. The Bertz CT molecular complexity index is 883. The highest BCUT2D eigenvalue weighted by Crippen LogP contribution is 2.36. The average molecular weight is 330 g/mol. The summed E-state index contributed by atoms with van der Waals surface area (Å²) in [7, 11) is 1.65. The molecule has 0 saturated heterocycles. The minimum atomic E-state index is -1.04. The SMILES string of the molecule is Cn1nnc(-c2cc(-c3ccc(F)cc3)sc2C=CC(=O)O)n1. The van der Waals surface area contributed by atoms with E-state index in [2.05, 4.69) is 15.4 Å². The van der Waals surface area contributed by atoms with Gasteiger partial charge in [0.1, 0.15) is 5.82 Å². The van der Waals surface area contributed by atoms with Crippen LogP contribution in [0, 0.1) is 5.82 Å². The fourth-order valence-corrected chi connectivity index (χ4v) is 3.06. The van der Waals surface area contributed by atoms with Crippen molar-refractivity contribution in [2.45, 2.75) is 0 Å². The van der Waals surface area contributed by atoms with Gasteiger partial charge in [0.05, 0.1) is 7.05 Å². The van der Waals surface area contributed by atoms with Crippen LogP contribution < -0.4 is 0 Å². The van der Waals surface area contributed by atoms with E-state index in [1.807, 2.05) is 6.07 Å². The third-order valence-electron chi connectivity index (χ3n) is 3.02. The summed E-state index contributed by atoms with van der Waals surface area (Å²) in [5, 5.41) is 20.7. The van der Waals surface area contributed by atoms with Crippen molar-refractivity contribution in [2.24, 2.45) is 7.05 Å². The number of benzene rings is 1. The van der Waals surface area contributed by atoms with Crippen molar-refractivity contribution in [2.75, 3.05) is 0 Å². The van der Waals surface area contributed by atoms with Crippen LogP contribution in [-0.2, 0) is 11.8 Å². The van der Waals surface area contributed by atoms with E-state index in [1.54, 1.807) is 19.2 Å². The number of aromatic nitrogens is 4. The molecular weight excluding hydrogens is 319 g/mol. The van der Waals surface area contributed by atoms with E-state index in [-0.39, 0.29) is 5.82 Å². The van der Waals surface area contributed by atoms with Gasteiger partial charge in [0.2, 0.25) is 5.82 Å². The van der Waals surface area contributed by atoms with Crippen molar-refractivity contribution in [1.82, 2.24) is 20.2 Å². The Morgan fingerprint density at radius 1 is 1.35 bits per heavy atom. The van der Waals surface area contributed by atoms with Crippen LogP contribution in [0.25, 0.3) is 27.9 Å². The Morgan fingerprint density at radius 2 is 2.09 bits per heavy atom. The van der Waals surface area contributed by atoms with Crippen LogP contribution in [0.2, 0.25) is 0 Å². The predicted octanol–water partition coefficient (Wildman–Crippen LogP) is 2.84. The number of carboxylic acid groups (broad SMARTS) is 1. The Kier molecular flexibility index (Phi) is 3.98. The number of hydrogen-bond acceptors (Lipinski definition) is 5. The molecule has 23 heavy (non-hydrogen) atoms. The third-order valence-corrected chi connectivity index (χ3v) is 4.17. The van der Waals surface area contributed by atoms with Gasteiger partial charge in [-0.25, -0.2) is 9.18 Å². The number of aryl methyl sites for hydroxylation is 1. The number of aliphatic carboxylic acids is 1. The highest BCUT2D eigenvalue weighted by atomic mass is 32.1. The summed E-state index contributed by atoms with van der Waals surface area (Å²) < 4.78 is 13.1. The molecule has 3 aromatic rings.